The van der Waals surface area contributed by atoms with Gasteiger partial charge in [-0.25, -0.2) is 0 Å². The van der Waals surface area contributed by atoms with Gasteiger partial charge >= 0.3 is 0 Å². The van der Waals surface area contributed by atoms with E-state index in [2.05, 4.69) is 15.6 Å². The molecule has 0 atom stereocenters. The number of benzene rings is 2. The molecule has 0 radical (unpaired) electrons. The first kappa shape index (κ1) is 20.7. The van der Waals surface area contributed by atoms with Crippen molar-refractivity contribution in [2.45, 2.75) is 13.3 Å². The first-order valence-electron chi connectivity index (χ1n) is 9.23. The van der Waals surface area contributed by atoms with E-state index in [1.807, 2.05) is 24.3 Å². The lowest BCUT2D eigenvalue weighted by atomic mass is 10.1. The molecule has 8 heteroatoms. The first-order chi connectivity index (χ1) is 14.4. The largest absolute Gasteiger partial charge is 0.343 e. The van der Waals surface area contributed by atoms with Crippen LogP contribution in [0.15, 0.2) is 67.0 Å². The zero-order chi connectivity index (χ0) is 21.5. The number of aromatic nitrogens is 1. The summed E-state index contributed by atoms with van der Waals surface area (Å²) in [6.07, 6.45) is 4.26. The number of nitrogens with one attached hydrogen (secondary N) is 2. The molecule has 0 aliphatic carbocycles. The molecule has 152 valence electrons. The van der Waals surface area contributed by atoms with Crippen LogP contribution < -0.4 is 10.6 Å². The van der Waals surface area contributed by atoms with Gasteiger partial charge in [0.15, 0.2) is 0 Å². The standard InChI is InChI=1S/C22H20N4O4/c1-15-12-18(4-7-20(15)26(29)30)22(28)24-14-21(27)25-19-5-2-16(3-6-19)13-17-8-10-23-11-9-17/h2-12H,13-14H2,1H3,(H,24,28)(H,25,27). The van der Waals surface area contributed by atoms with E-state index < -0.39 is 10.8 Å². The van der Waals surface area contributed by atoms with Crippen LogP contribution in [-0.4, -0.2) is 28.3 Å². The smallest absolute Gasteiger partial charge is 0.272 e. The van der Waals surface area contributed by atoms with Crippen molar-refractivity contribution >= 4 is 23.2 Å². The van der Waals surface area contributed by atoms with Gasteiger partial charge in [0.25, 0.3) is 11.6 Å². The zero-order valence-electron chi connectivity index (χ0n) is 16.3. The molecule has 2 N–H and O–H groups in total. The summed E-state index contributed by atoms with van der Waals surface area (Å²) in [6.45, 7) is 1.34. The molecule has 3 aromatic rings. The molecule has 0 bridgehead atoms. The third-order valence-electron chi connectivity index (χ3n) is 4.46. The molecule has 3 rings (SSSR count). The van der Waals surface area contributed by atoms with E-state index in [9.17, 15) is 19.7 Å². The van der Waals surface area contributed by atoms with Gasteiger partial charge in [-0.15, -0.1) is 0 Å². The second-order valence-corrected chi connectivity index (χ2v) is 6.72. The van der Waals surface area contributed by atoms with E-state index in [4.69, 9.17) is 0 Å². The number of pyridine rings is 1. The molecular formula is C22H20N4O4. The zero-order valence-corrected chi connectivity index (χ0v) is 16.3. The molecule has 8 nitrogen and oxygen atoms in total. The number of nitro benzene ring substituents is 1. The normalized spacial score (nSPS) is 10.3. The number of hydrogen-bond acceptors (Lipinski definition) is 5. The second kappa shape index (κ2) is 9.42. The highest BCUT2D eigenvalue weighted by Crippen LogP contribution is 2.18. The Kier molecular flexibility index (Phi) is 6.49. The number of carbonyl (C=O) groups is 2. The van der Waals surface area contributed by atoms with Gasteiger partial charge in [0, 0.05) is 35.3 Å². The van der Waals surface area contributed by atoms with Crippen molar-refractivity contribution in [1.82, 2.24) is 10.3 Å². The van der Waals surface area contributed by atoms with E-state index in [1.165, 1.54) is 18.2 Å². The van der Waals surface area contributed by atoms with Crippen molar-refractivity contribution in [3.63, 3.8) is 0 Å². The Labute approximate surface area is 173 Å². The van der Waals surface area contributed by atoms with E-state index in [0.29, 0.717) is 11.3 Å². The van der Waals surface area contributed by atoms with Gasteiger partial charge in [0.2, 0.25) is 5.91 Å². The molecule has 0 saturated heterocycles. The molecule has 0 saturated carbocycles. The Morgan fingerprint density at radius 1 is 1.00 bits per heavy atom. The van der Waals surface area contributed by atoms with Gasteiger partial charge < -0.3 is 10.6 Å². The van der Waals surface area contributed by atoms with Crippen LogP contribution in [0.1, 0.15) is 27.0 Å². The number of nitrogens with zero attached hydrogens (tertiary/aromatic N) is 2. The van der Waals surface area contributed by atoms with Crippen molar-refractivity contribution in [3.8, 4) is 0 Å². The predicted octanol–water partition coefficient (Wildman–Crippen LogP) is 3.26. The Morgan fingerprint density at radius 3 is 2.30 bits per heavy atom. The number of carbonyl (C=O) groups excluding carboxylic acids is 2. The van der Waals surface area contributed by atoms with Gasteiger partial charge in [-0.3, -0.25) is 24.7 Å². The van der Waals surface area contributed by atoms with E-state index in [-0.39, 0.29) is 23.7 Å². The number of aryl methyl sites for hydroxylation is 1. The fourth-order valence-corrected chi connectivity index (χ4v) is 2.91. The van der Waals surface area contributed by atoms with Gasteiger partial charge in [-0.1, -0.05) is 12.1 Å². The monoisotopic (exact) mass is 404 g/mol. The maximum Gasteiger partial charge on any atom is 0.272 e. The second-order valence-electron chi connectivity index (χ2n) is 6.72. The Balaban J connectivity index is 1.51. The molecule has 30 heavy (non-hydrogen) atoms. The average molecular weight is 404 g/mol. The Hall–Kier alpha value is -4.07. The fraction of sp³-hybridized carbons (Fsp3) is 0.136. The fourth-order valence-electron chi connectivity index (χ4n) is 2.91. The lowest BCUT2D eigenvalue weighted by Crippen LogP contribution is -2.32. The summed E-state index contributed by atoms with van der Waals surface area (Å²) in [7, 11) is 0. The molecule has 0 aliphatic rings. The van der Waals surface area contributed by atoms with Crippen molar-refractivity contribution < 1.29 is 14.5 Å². The maximum atomic E-state index is 12.2. The van der Waals surface area contributed by atoms with Crippen LogP contribution in [0.4, 0.5) is 11.4 Å². The molecule has 2 amide bonds. The Bertz CT molecular complexity index is 1070. The topological polar surface area (TPSA) is 114 Å². The van der Waals surface area contributed by atoms with E-state index in [0.717, 1.165) is 17.5 Å². The van der Waals surface area contributed by atoms with Crippen molar-refractivity contribution in [2.24, 2.45) is 0 Å². The minimum Gasteiger partial charge on any atom is -0.343 e. The van der Waals surface area contributed by atoms with Crippen LogP contribution >= 0.6 is 0 Å². The molecule has 0 unspecified atom stereocenters. The van der Waals surface area contributed by atoms with Crippen LogP contribution in [0.5, 0.6) is 0 Å². The van der Waals surface area contributed by atoms with Crippen LogP contribution in [0, 0.1) is 17.0 Å². The van der Waals surface area contributed by atoms with Crippen LogP contribution in [-0.2, 0) is 11.2 Å². The summed E-state index contributed by atoms with van der Waals surface area (Å²) >= 11 is 0. The number of rotatable bonds is 7. The molecule has 2 aromatic carbocycles. The van der Waals surface area contributed by atoms with Gasteiger partial charge in [0.05, 0.1) is 11.5 Å². The highest BCUT2D eigenvalue weighted by atomic mass is 16.6. The third-order valence-corrected chi connectivity index (χ3v) is 4.46. The quantitative estimate of drug-likeness (QED) is 0.463. The number of nitro groups is 1. The minimum atomic E-state index is -0.507. The number of anilines is 1. The van der Waals surface area contributed by atoms with E-state index in [1.54, 1.807) is 31.5 Å². The minimum absolute atomic E-state index is 0.0586. The van der Waals surface area contributed by atoms with Crippen molar-refractivity contribution in [3.05, 3.63) is 99.4 Å². The Morgan fingerprint density at radius 2 is 1.67 bits per heavy atom. The summed E-state index contributed by atoms with van der Waals surface area (Å²) < 4.78 is 0. The highest BCUT2D eigenvalue weighted by molar-refractivity contribution is 5.99. The molecule has 0 spiro atoms. The summed E-state index contributed by atoms with van der Waals surface area (Å²) in [5.74, 6) is -0.847. The van der Waals surface area contributed by atoms with Gasteiger partial charge in [-0.05, 0) is 60.9 Å². The average Bonchev–Trinajstić information content (AvgIpc) is 2.74. The maximum absolute atomic E-state index is 12.2. The lowest BCUT2D eigenvalue weighted by Gasteiger charge is -2.09. The molecule has 1 aromatic heterocycles. The highest BCUT2D eigenvalue weighted by Gasteiger charge is 2.14. The number of hydrogen-bond donors (Lipinski definition) is 2. The van der Waals surface area contributed by atoms with Crippen molar-refractivity contribution in [1.29, 1.82) is 0 Å². The van der Waals surface area contributed by atoms with Crippen LogP contribution in [0.3, 0.4) is 0 Å². The first-order valence-corrected chi connectivity index (χ1v) is 9.23. The molecule has 1 heterocycles. The van der Waals surface area contributed by atoms with E-state index >= 15 is 0 Å². The van der Waals surface area contributed by atoms with Gasteiger partial charge in [-0.2, -0.15) is 0 Å². The van der Waals surface area contributed by atoms with Crippen LogP contribution in [0.25, 0.3) is 0 Å². The summed E-state index contributed by atoms with van der Waals surface area (Å²) in [6, 6.07) is 15.4. The van der Waals surface area contributed by atoms with Gasteiger partial charge in [0.1, 0.15) is 0 Å². The third kappa shape index (κ3) is 5.48. The number of amides is 2. The predicted molar refractivity (Wildman–Crippen MR) is 112 cm³/mol. The molecule has 0 fully saturated rings. The van der Waals surface area contributed by atoms with Crippen molar-refractivity contribution in [2.75, 3.05) is 11.9 Å². The summed E-state index contributed by atoms with van der Waals surface area (Å²) in [5.41, 5.74) is 3.44. The molecular weight excluding hydrogens is 384 g/mol. The summed E-state index contributed by atoms with van der Waals surface area (Å²) in [5, 5.41) is 16.1. The summed E-state index contributed by atoms with van der Waals surface area (Å²) in [4.78, 5) is 38.6. The van der Waals surface area contributed by atoms with Crippen LogP contribution in [0.2, 0.25) is 0 Å². The lowest BCUT2D eigenvalue weighted by molar-refractivity contribution is -0.385. The molecule has 0 aliphatic heterocycles. The SMILES string of the molecule is Cc1cc(C(=O)NCC(=O)Nc2ccc(Cc3ccncc3)cc2)ccc1[N+](=O)[O-].